The Morgan fingerprint density at radius 2 is 1.15 bits per heavy atom. The van der Waals surface area contributed by atoms with Gasteiger partial charge >= 0.3 is 17.9 Å². The molecule has 0 spiro atoms. The van der Waals surface area contributed by atoms with E-state index in [1.54, 1.807) is 87.5 Å². The molecule has 39 heavy (non-hydrogen) atoms. The van der Waals surface area contributed by atoms with Crippen LogP contribution in [0.25, 0.3) is 16.7 Å². The first-order valence-corrected chi connectivity index (χ1v) is 12.3. The van der Waals surface area contributed by atoms with E-state index in [1.165, 1.54) is 0 Å². The van der Waals surface area contributed by atoms with Gasteiger partial charge in [0.2, 0.25) is 0 Å². The Morgan fingerprint density at radius 1 is 0.692 bits per heavy atom. The fourth-order valence-corrected chi connectivity index (χ4v) is 3.30. The largest absolute Gasteiger partial charge is 0.427 e. The van der Waals surface area contributed by atoms with Crippen LogP contribution in [0.4, 0.5) is 0 Å². The lowest BCUT2D eigenvalue weighted by atomic mass is 10.1. The second-order valence-electron chi connectivity index (χ2n) is 8.56. The van der Waals surface area contributed by atoms with Gasteiger partial charge in [-0.25, -0.2) is 9.59 Å². The Balaban J connectivity index is 1.59. The summed E-state index contributed by atoms with van der Waals surface area (Å²) in [6, 6.07) is 21.2. The van der Waals surface area contributed by atoms with Crippen LogP contribution in [0.2, 0.25) is 0 Å². The molecule has 0 aromatic heterocycles. The predicted molar refractivity (Wildman–Crippen MR) is 152 cm³/mol. The Hall–Kier alpha value is -4.97. The number of rotatable bonds is 10. The summed E-state index contributed by atoms with van der Waals surface area (Å²) < 4.78 is 15.9. The number of benzene rings is 3. The van der Waals surface area contributed by atoms with Gasteiger partial charge < -0.3 is 14.2 Å². The van der Waals surface area contributed by atoms with Crippen molar-refractivity contribution in [1.82, 2.24) is 0 Å². The monoisotopic (exact) mass is 522 g/mol. The minimum absolute atomic E-state index is 0.286. The summed E-state index contributed by atoms with van der Waals surface area (Å²) in [7, 11) is 0. The fraction of sp³-hybridized carbons (Fsp3) is 0.121. The summed E-state index contributed by atoms with van der Waals surface area (Å²) in [5.41, 5.74) is 4.00. The van der Waals surface area contributed by atoms with Crippen molar-refractivity contribution in [1.29, 1.82) is 0 Å². The third kappa shape index (κ3) is 8.27. The van der Waals surface area contributed by atoms with E-state index in [9.17, 15) is 14.4 Å². The summed E-state index contributed by atoms with van der Waals surface area (Å²) >= 11 is 0. The maximum atomic E-state index is 12.7. The molecule has 0 amide bonds. The number of hydrogen-bond donors (Lipinski definition) is 0. The molecule has 0 bridgehead atoms. The van der Waals surface area contributed by atoms with Crippen LogP contribution in [0.5, 0.6) is 17.2 Å². The van der Waals surface area contributed by atoms with E-state index >= 15 is 0 Å². The van der Waals surface area contributed by atoms with E-state index in [0.29, 0.717) is 40.4 Å². The Labute approximate surface area is 228 Å². The van der Waals surface area contributed by atoms with Crippen LogP contribution in [0, 0.1) is 0 Å². The average Bonchev–Trinajstić information content (AvgIpc) is 2.94. The van der Waals surface area contributed by atoms with Crippen molar-refractivity contribution < 1.29 is 28.6 Å². The molecule has 0 unspecified atom stereocenters. The third-order valence-corrected chi connectivity index (χ3v) is 5.57. The molecule has 3 aromatic rings. The SMILES string of the molecule is C=C(C)C(=O)Oc1ccc(C(=C)/C=C\C(=C/C)C(=O)Oc2ccc(-c3ccc(OC(=O)CC)cc3)cc2)cc1. The highest BCUT2D eigenvalue weighted by molar-refractivity contribution is 5.94. The number of carbonyl (C=O) groups excluding carboxylic acids is 3. The molecule has 3 rings (SSSR count). The molecule has 3 aromatic carbocycles. The van der Waals surface area contributed by atoms with E-state index in [2.05, 4.69) is 13.2 Å². The molecule has 0 aliphatic heterocycles. The second-order valence-corrected chi connectivity index (χ2v) is 8.56. The number of esters is 3. The molecule has 0 atom stereocenters. The molecule has 198 valence electrons. The summed E-state index contributed by atoms with van der Waals surface area (Å²) in [4.78, 5) is 35.8. The van der Waals surface area contributed by atoms with Gasteiger partial charge in [0.25, 0.3) is 0 Å². The highest BCUT2D eigenvalue weighted by Crippen LogP contribution is 2.25. The first-order valence-electron chi connectivity index (χ1n) is 12.3. The number of ether oxygens (including phenoxy) is 3. The summed E-state index contributed by atoms with van der Waals surface area (Å²) in [6.07, 6.45) is 5.33. The van der Waals surface area contributed by atoms with Crippen molar-refractivity contribution in [3.63, 3.8) is 0 Å². The maximum Gasteiger partial charge on any atom is 0.343 e. The lowest BCUT2D eigenvalue weighted by molar-refractivity contribution is -0.134. The van der Waals surface area contributed by atoms with Gasteiger partial charge in [0.05, 0.1) is 5.57 Å². The van der Waals surface area contributed by atoms with E-state index in [0.717, 1.165) is 16.7 Å². The molecule has 0 fully saturated rings. The van der Waals surface area contributed by atoms with Crippen molar-refractivity contribution in [2.75, 3.05) is 0 Å². The minimum Gasteiger partial charge on any atom is -0.427 e. The molecule has 0 radical (unpaired) electrons. The van der Waals surface area contributed by atoms with Gasteiger partial charge in [-0.1, -0.05) is 68.6 Å². The van der Waals surface area contributed by atoms with Crippen LogP contribution >= 0.6 is 0 Å². The van der Waals surface area contributed by atoms with Gasteiger partial charge in [0.15, 0.2) is 0 Å². The highest BCUT2D eigenvalue weighted by Gasteiger charge is 2.10. The number of hydrogen-bond acceptors (Lipinski definition) is 6. The smallest absolute Gasteiger partial charge is 0.343 e. The van der Waals surface area contributed by atoms with Crippen LogP contribution in [0.3, 0.4) is 0 Å². The van der Waals surface area contributed by atoms with Gasteiger partial charge in [-0.15, -0.1) is 0 Å². The topological polar surface area (TPSA) is 78.9 Å². The van der Waals surface area contributed by atoms with Crippen molar-refractivity contribution in [3.05, 3.63) is 121 Å². The van der Waals surface area contributed by atoms with Crippen molar-refractivity contribution >= 4 is 23.5 Å². The standard InChI is InChI=1S/C33H30O6/c1-6-24(9-8-23(5)25-10-16-29(17-11-25)38-32(35)22(3)4)33(36)39-30-20-14-27(15-21-30)26-12-18-28(19-13-26)37-31(34)7-2/h6,8-21H,3,5,7H2,1-2,4H3/b9-8-,24-6+. The molecule has 0 aliphatic rings. The summed E-state index contributed by atoms with van der Waals surface area (Å²) in [6.45, 7) is 12.7. The van der Waals surface area contributed by atoms with E-state index in [1.807, 2.05) is 24.3 Å². The Kier molecular flexibility index (Phi) is 9.93. The van der Waals surface area contributed by atoms with Gasteiger partial charge in [-0.3, -0.25) is 4.79 Å². The molecule has 0 saturated heterocycles. The highest BCUT2D eigenvalue weighted by atomic mass is 16.5. The molecule has 0 N–H and O–H groups in total. The lowest BCUT2D eigenvalue weighted by Gasteiger charge is -2.08. The van der Waals surface area contributed by atoms with Crippen molar-refractivity contribution in [2.24, 2.45) is 0 Å². The summed E-state index contributed by atoms with van der Waals surface area (Å²) in [5.74, 6) is 0.0273. The molecule has 0 aliphatic carbocycles. The van der Waals surface area contributed by atoms with Gasteiger partial charge in [0, 0.05) is 12.0 Å². The van der Waals surface area contributed by atoms with Crippen molar-refractivity contribution in [3.8, 4) is 28.4 Å². The Bertz CT molecular complexity index is 1420. The zero-order valence-electron chi connectivity index (χ0n) is 22.2. The van der Waals surface area contributed by atoms with Gasteiger partial charge in [0.1, 0.15) is 17.2 Å². The first-order chi connectivity index (χ1) is 18.7. The van der Waals surface area contributed by atoms with Gasteiger partial charge in [-0.05, 0) is 78.6 Å². The molecule has 0 saturated carbocycles. The zero-order valence-corrected chi connectivity index (χ0v) is 22.2. The zero-order chi connectivity index (χ0) is 28.4. The van der Waals surface area contributed by atoms with Crippen LogP contribution in [-0.2, 0) is 14.4 Å². The average molecular weight is 523 g/mol. The quantitative estimate of drug-likeness (QED) is 0.121. The van der Waals surface area contributed by atoms with Crippen LogP contribution < -0.4 is 14.2 Å². The van der Waals surface area contributed by atoms with Crippen LogP contribution in [-0.4, -0.2) is 17.9 Å². The second kappa shape index (κ2) is 13.5. The fourth-order valence-electron chi connectivity index (χ4n) is 3.30. The lowest BCUT2D eigenvalue weighted by Crippen LogP contribution is -2.09. The van der Waals surface area contributed by atoms with Crippen molar-refractivity contribution in [2.45, 2.75) is 27.2 Å². The predicted octanol–water partition coefficient (Wildman–Crippen LogP) is 7.27. The number of carbonyl (C=O) groups is 3. The third-order valence-electron chi connectivity index (χ3n) is 5.57. The molecular formula is C33H30O6. The van der Waals surface area contributed by atoms with E-state index in [-0.39, 0.29) is 5.97 Å². The molecular weight excluding hydrogens is 492 g/mol. The van der Waals surface area contributed by atoms with Crippen LogP contribution in [0.15, 0.2) is 115 Å². The first kappa shape index (κ1) is 28.6. The van der Waals surface area contributed by atoms with Crippen LogP contribution in [0.1, 0.15) is 32.8 Å². The normalized spacial score (nSPS) is 11.1. The van der Waals surface area contributed by atoms with E-state index in [4.69, 9.17) is 14.2 Å². The minimum atomic E-state index is -0.501. The number of allylic oxidation sites excluding steroid dienone is 3. The molecule has 6 heteroatoms. The molecule has 0 heterocycles. The Morgan fingerprint density at radius 3 is 1.62 bits per heavy atom. The maximum absolute atomic E-state index is 12.7. The van der Waals surface area contributed by atoms with Gasteiger partial charge in [-0.2, -0.15) is 0 Å². The van der Waals surface area contributed by atoms with E-state index < -0.39 is 11.9 Å². The molecule has 6 nitrogen and oxygen atoms in total. The summed E-state index contributed by atoms with van der Waals surface area (Å²) in [5, 5.41) is 0.